The van der Waals surface area contributed by atoms with E-state index in [-0.39, 0.29) is 11.1 Å². The molecule has 0 fully saturated rings. The maximum Gasteiger partial charge on any atom is 0.416 e. The Labute approximate surface area is 119 Å². The lowest BCUT2D eigenvalue weighted by molar-refractivity contribution is -0.137. The van der Waals surface area contributed by atoms with Crippen LogP contribution in [0.15, 0.2) is 36.4 Å². The molecule has 1 atom stereocenters. The zero-order valence-corrected chi connectivity index (χ0v) is 11.5. The van der Waals surface area contributed by atoms with Gasteiger partial charge in [-0.15, -0.1) is 0 Å². The molecule has 0 aliphatic heterocycles. The Morgan fingerprint density at radius 2 is 1.57 bits per heavy atom. The predicted molar refractivity (Wildman–Crippen MR) is 71.4 cm³/mol. The van der Waals surface area contributed by atoms with Crippen LogP contribution in [0, 0.1) is 19.7 Å². The van der Waals surface area contributed by atoms with E-state index < -0.39 is 23.7 Å². The number of hydrogen-bond donors (Lipinski definition) is 1. The molecule has 2 aromatic carbocycles. The van der Waals surface area contributed by atoms with Gasteiger partial charge in [0.2, 0.25) is 0 Å². The fourth-order valence-corrected chi connectivity index (χ4v) is 2.29. The molecule has 5 heteroatoms. The highest BCUT2D eigenvalue weighted by atomic mass is 19.4. The molecule has 0 aromatic heterocycles. The summed E-state index contributed by atoms with van der Waals surface area (Å²) >= 11 is 0. The van der Waals surface area contributed by atoms with E-state index in [1.54, 1.807) is 19.9 Å². The Morgan fingerprint density at radius 3 is 2.05 bits per heavy atom. The number of aryl methyl sites for hydroxylation is 2. The smallest absolute Gasteiger partial charge is 0.384 e. The van der Waals surface area contributed by atoms with Gasteiger partial charge in [0.25, 0.3) is 0 Å². The average Bonchev–Trinajstić information content (AvgIpc) is 2.36. The molecule has 1 unspecified atom stereocenters. The van der Waals surface area contributed by atoms with Gasteiger partial charge in [-0.25, -0.2) is 4.39 Å². The second kappa shape index (κ2) is 5.48. The second-order valence-electron chi connectivity index (χ2n) is 5.00. The molecule has 2 rings (SSSR count). The van der Waals surface area contributed by atoms with E-state index in [1.165, 1.54) is 6.07 Å². The van der Waals surface area contributed by atoms with Crippen LogP contribution >= 0.6 is 0 Å². The summed E-state index contributed by atoms with van der Waals surface area (Å²) in [6.45, 7) is 3.38. The first-order chi connectivity index (χ1) is 9.70. The minimum atomic E-state index is -4.44. The average molecular weight is 298 g/mol. The molecule has 0 heterocycles. The van der Waals surface area contributed by atoms with Crippen molar-refractivity contribution in [1.29, 1.82) is 0 Å². The Hall–Kier alpha value is -1.88. The van der Waals surface area contributed by atoms with Crippen LogP contribution in [0.3, 0.4) is 0 Å². The number of hydrogen-bond acceptors (Lipinski definition) is 1. The molecular weight excluding hydrogens is 284 g/mol. The lowest BCUT2D eigenvalue weighted by Gasteiger charge is -2.16. The third-order valence-corrected chi connectivity index (χ3v) is 3.31. The number of halogens is 4. The fraction of sp³-hybridized carbons (Fsp3) is 0.250. The first-order valence-electron chi connectivity index (χ1n) is 6.32. The standard InChI is InChI=1S/C16H14F4O/c1-9-7-10(2)14(13(17)8-9)15(21)11-3-5-12(6-4-11)16(18,19)20/h3-8,15,21H,1-2H3. The van der Waals surface area contributed by atoms with Crippen molar-refractivity contribution in [2.75, 3.05) is 0 Å². The van der Waals surface area contributed by atoms with E-state index in [9.17, 15) is 22.7 Å². The minimum absolute atomic E-state index is 0.0837. The molecule has 1 N–H and O–H groups in total. The summed E-state index contributed by atoms with van der Waals surface area (Å²) in [6, 6.07) is 7.07. The molecule has 112 valence electrons. The van der Waals surface area contributed by atoms with Crippen LogP contribution < -0.4 is 0 Å². The normalized spacial score (nSPS) is 13.3. The SMILES string of the molecule is Cc1cc(C)c(C(O)c2ccc(C(F)(F)F)cc2)c(F)c1. The van der Waals surface area contributed by atoms with Gasteiger partial charge in [0.15, 0.2) is 0 Å². The third-order valence-electron chi connectivity index (χ3n) is 3.31. The van der Waals surface area contributed by atoms with Crippen LogP contribution in [-0.2, 0) is 6.18 Å². The highest BCUT2D eigenvalue weighted by molar-refractivity contribution is 5.39. The Balaban J connectivity index is 2.39. The second-order valence-corrected chi connectivity index (χ2v) is 5.00. The van der Waals surface area contributed by atoms with Gasteiger partial charge in [-0.3, -0.25) is 0 Å². The van der Waals surface area contributed by atoms with Gasteiger partial charge in [-0.2, -0.15) is 13.2 Å². The first-order valence-corrected chi connectivity index (χ1v) is 6.32. The van der Waals surface area contributed by atoms with Crippen LogP contribution in [0.4, 0.5) is 17.6 Å². The Bertz CT molecular complexity index is 621. The van der Waals surface area contributed by atoms with Gasteiger partial charge < -0.3 is 5.11 Å². The summed E-state index contributed by atoms with van der Waals surface area (Å²) in [5.74, 6) is -0.570. The van der Waals surface area contributed by atoms with Crippen molar-refractivity contribution >= 4 is 0 Å². The van der Waals surface area contributed by atoms with Gasteiger partial charge >= 0.3 is 6.18 Å². The topological polar surface area (TPSA) is 20.2 Å². The highest BCUT2D eigenvalue weighted by Crippen LogP contribution is 2.32. The summed E-state index contributed by atoms with van der Waals surface area (Å²) in [5.41, 5.74) is 0.766. The fourth-order valence-electron chi connectivity index (χ4n) is 2.29. The molecule has 2 aromatic rings. The van der Waals surface area contributed by atoms with Crippen molar-refractivity contribution in [3.63, 3.8) is 0 Å². The Kier molecular flexibility index (Phi) is 4.05. The van der Waals surface area contributed by atoms with Crippen molar-refractivity contribution in [2.24, 2.45) is 0 Å². The van der Waals surface area contributed by atoms with E-state index in [1.807, 2.05) is 0 Å². The Morgan fingerprint density at radius 1 is 1.00 bits per heavy atom. The van der Waals surface area contributed by atoms with Crippen LogP contribution in [-0.4, -0.2) is 5.11 Å². The van der Waals surface area contributed by atoms with Crippen molar-refractivity contribution in [3.05, 3.63) is 70.0 Å². The van der Waals surface area contributed by atoms with E-state index in [2.05, 4.69) is 0 Å². The summed E-state index contributed by atoms with van der Waals surface area (Å²) < 4.78 is 51.5. The molecule has 0 saturated carbocycles. The molecular formula is C16H14F4O. The summed E-state index contributed by atoms with van der Waals surface area (Å²) in [5, 5.41) is 10.2. The summed E-state index contributed by atoms with van der Waals surface area (Å²) in [6.07, 6.45) is -5.73. The minimum Gasteiger partial charge on any atom is -0.384 e. The molecule has 0 saturated heterocycles. The lowest BCUT2D eigenvalue weighted by Crippen LogP contribution is -2.08. The van der Waals surface area contributed by atoms with Gasteiger partial charge in [0, 0.05) is 5.56 Å². The summed E-state index contributed by atoms with van der Waals surface area (Å²) in [4.78, 5) is 0. The van der Waals surface area contributed by atoms with Crippen LogP contribution in [0.2, 0.25) is 0 Å². The first kappa shape index (κ1) is 15.5. The van der Waals surface area contributed by atoms with Crippen LogP contribution in [0.5, 0.6) is 0 Å². The molecule has 0 amide bonds. The van der Waals surface area contributed by atoms with Gasteiger partial charge in [-0.05, 0) is 48.7 Å². The van der Waals surface area contributed by atoms with Crippen molar-refractivity contribution in [2.45, 2.75) is 26.1 Å². The van der Waals surface area contributed by atoms with E-state index in [0.717, 1.165) is 24.3 Å². The predicted octanol–water partition coefficient (Wildman–Crippen LogP) is 4.54. The largest absolute Gasteiger partial charge is 0.416 e. The number of benzene rings is 2. The van der Waals surface area contributed by atoms with Crippen molar-refractivity contribution < 1.29 is 22.7 Å². The maximum absolute atomic E-state index is 14.0. The molecule has 0 radical (unpaired) electrons. The van der Waals surface area contributed by atoms with Crippen LogP contribution in [0.25, 0.3) is 0 Å². The molecule has 21 heavy (non-hydrogen) atoms. The zero-order valence-electron chi connectivity index (χ0n) is 11.5. The molecule has 1 nitrogen and oxygen atoms in total. The van der Waals surface area contributed by atoms with Gasteiger partial charge in [-0.1, -0.05) is 18.2 Å². The van der Waals surface area contributed by atoms with Gasteiger partial charge in [0.05, 0.1) is 5.56 Å². The lowest BCUT2D eigenvalue weighted by atomic mass is 9.95. The van der Waals surface area contributed by atoms with Crippen LogP contribution in [0.1, 0.15) is 33.9 Å². The molecule has 0 aliphatic rings. The van der Waals surface area contributed by atoms with Gasteiger partial charge in [0.1, 0.15) is 11.9 Å². The quantitative estimate of drug-likeness (QED) is 0.807. The number of aliphatic hydroxyl groups is 1. The maximum atomic E-state index is 14.0. The number of rotatable bonds is 2. The monoisotopic (exact) mass is 298 g/mol. The molecule has 0 bridgehead atoms. The molecule has 0 spiro atoms. The van der Waals surface area contributed by atoms with Crippen molar-refractivity contribution in [3.8, 4) is 0 Å². The van der Waals surface area contributed by atoms with E-state index in [0.29, 0.717) is 11.1 Å². The third kappa shape index (κ3) is 3.24. The molecule has 0 aliphatic carbocycles. The number of alkyl halides is 3. The van der Waals surface area contributed by atoms with E-state index in [4.69, 9.17) is 0 Å². The van der Waals surface area contributed by atoms with Crippen molar-refractivity contribution in [1.82, 2.24) is 0 Å². The number of aliphatic hydroxyl groups excluding tert-OH is 1. The highest BCUT2D eigenvalue weighted by Gasteiger charge is 2.30. The zero-order chi connectivity index (χ0) is 15.8. The van der Waals surface area contributed by atoms with E-state index >= 15 is 0 Å². The summed E-state index contributed by atoms with van der Waals surface area (Å²) in [7, 11) is 0.